The lowest BCUT2D eigenvalue weighted by atomic mass is 9.91. The maximum Gasteiger partial charge on any atom is 0.471 e. The Balaban J connectivity index is 1.14. The fourth-order valence-electron chi connectivity index (χ4n) is 5.66. The zero-order valence-electron chi connectivity index (χ0n) is 24.5. The van der Waals surface area contributed by atoms with Crippen LogP contribution < -0.4 is 11.3 Å². The van der Waals surface area contributed by atoms with Crippen molar-refractivity contribution >= 4 is 11.0 Å². The predicted molar refractivity (Wildman–Crippen MR) is 155 cm³/mol. The second kappa shape index (κ2) is 11.5. The Kier molecular flexibility index (Phi) is 7.79. The van der Waals surface area contributed by atoms with Crippen molar-refractivity contribution in [2.24, 2.45) is 12.8 Å². The molecule has 3 aromatic heterocycles. The lowest BCUT2D eigenvalue weighted by Gasteiger charge is -2.38. The zero-order chi connectivity index (χ0) is 32.1. The van der Waals surface area contributed by atoms with Gasteiger partial charge in [0.2, 0.25) is 5.82 Å². The van der Waals surface area contributed by atoms with Gasteiger partial charge in [-0.05, 0) is 31.4 Å². The summed E-state index contributed by atoms with van der Waals surface area (Å²) >= 11 is 0. The van der Waals surface area contributed by atoms with Crippen molar-refractivity contribution in [2.75, 3.05) is 13.1 Å². The number of rotatable bonds is 7. The van der Waals surface area contributed by atoms with Crippen molar-refractivity contribution in [1.82, 2.24) is 34.4 Å². The van der Waals surface area contributed by atoms with Gasteiger partial charge < -0.3 is 15.4 Å². The minimum atomic E-state index is -4.80. The van der Waals surface area contributed by atoms with E-state index < -0.39 is 23.5 Å². The van der Waals surface area contributed by atoms with Crippen LogP contribution in [0.15, 0.2) is 51.8 Å². The van der Waals surface area contributed by atoms with E-state index in [1.165, 1.54) is 16.7 Å². The first-order chi connectivity index (χ1) is 21.3. The van der Waals surface area contributed by atoms with E-state index in [1.807, 2.05) is 29.2 Å². The molecule has 2 aromatic carbocycles. The summed E-state index contributed by atoms with van der Waals surface area (Å²) in [5, 5.41) is 19.2. The van der Waals surface area contributed by atoms with Gasteiger partial charge in [0.15, 0.2) is 5.52 Å². The van der Waals surface area contributed by atoms with Crippen molar-refractivity contribution in [1.29, 1.82) is 0 Å². The molecule has 1 fully saturated rings. The number of piperidine rings is 1. The third kappa shape index (κ3) is 5.98. The Bertz CT molecular complexity index is 1920. The number of fused-ring (bicyclic) bond motifs is 1. The molecule has 45 heavy (non-hydrogen) atoms. The van der Waals surface area contributed by atoms with Crippen LogP contribution in [0.3, 0.4) is 0 Å². The summed E-state index contributed by atoms with van der Waals surface area (Å²) in [4.78, 5) is 23.6. The van der Waals surface area contributed by atoms with E-state index in [2.05, 4.69) is 19.8 Å². The highest BCUT2D eigenvalue weighted by Gasteiger charge is 2.39. The first kappa shape index (κ1) is 30.6. The highest BCUT2D eigenvalue weighted by atomic mass is 19.4. The van der Waals surface area contributed by atoms with Crippen LogP contribution in [0.5, 0.6) is 0 Å². The van der Waals surface area contributed by atoms with Crippen molar-refractivity contribution in [3.8, 4) is 22.6 Å². The number of benzene rings is 2. The number of hydrogen-bond donors (Lipinski definition) is 2. The lowest BCUT2D eigenvalue weighted by molar-refractivity contribution is -0.159. The number of aliphatic hydroxyl groups is 1. The van der Waals surface area contributed by atoms with Gasteiger partial charge in [0.1, 0.15) is 17.2 Å². The van der Waals surface area contributed by atoms with Gasteiger partial charge >= 0.3 is 12.1 Å². The molecule has 5 aromatic rings. The second-order valence-corrected chi connectivity index (χ2v) is 11.3. The minimum absolute atomic E-state index is 0.0270. The molecule has 0 unspecified atom stereocenters. The molecule has 0 amide bonds. The largest absolute Gasteiger partial charge is 0.471 e. The zero-order valence-corrected chi connectivity index (χ0v) is 24.5. The molecule has 0 spiro atoms. The van der Waals surface area contributed by atoms with Crippen molar-refractivity contribution in [3.05, 3.63) is 81.5 Å². The maximum absolute atomic E-state index is 14.9. The summed E-state index contributed by atoms with van der Waals surface area (Å²) in [6.45, 7) is 3.23. The highest BCUT2D eigenvalue weighted by molar-refractivity contribution is 5.89. The van der Waals surface area contributed by atoms with Crippen LogP contribution in [0.25, 0.3) is 33.7 Å². The van der Waals surface area contributed by atoms with E-state index in [0.717, 1.165) is 17.2 Å². The molecule has 1 aliphatic rings. The standard InChI is InChI=1S/C30H30F4N8O3/c1-17-36-23-24(38-40(2)25(23)19-5-3-18(14-35)4-6-19)27(43)42(17)16-29(44)9-11-41(12-10-29)15-21-8-7-20(13-22(21)31)26-37-28(45-39-26)30(32,33)34/h3-8,13,44H,9-12,14-16,35H2,1-2H3. The topological polar surface area (TPSA) is 141 Å². The van der Waals surface area contributed by atoms with Gasteiger partial charge in [0.05, 0.1) is 17.8 Å². The van der Waals surface area contributed by atoms with Crippen LogP contribution in [0.2, 0.25) is 0 Å². The maximum atomic E-state index is 14.9. The Hall–Kier alpha value is -4.47. The number of likely N-dealkylation sites (tertiary alicyclic amines) is 1. The molecule has 0 radical (unpaired) electrons. The number of hydrogen-bond acceptors (Lipinski definition) is 9. The van der Waals surface area contributed by atoms with Gasteiger partial charge in [0, 0.05) is 49.9 Å². The van der Waals surface area contributed by atoms with Crippen LogP contribution >= 0.6 is 0 Å². The number of alkyl halides is 3. The summed E-state index contributed by atoms with van der Waals surface area (Å²) < 4.78 is 60.5. The second-order valence-electron chi connectivity index (χ2n) is 11.3. The summed E-state index contributed by atoms with van der Waals surface area (Å²) in [6, 6.07) is 11.6. The van der Waals surface area contributed by atoms with E-state index in [0.29, 0.717) is 55.1 Å². The number of nitrogens with zero attached hydrogens (tertiary/aromatic N) is 7. The predicted octanol–water partition coefficient (Wildman–Crippen LogP) is 3.80. The number of halogens is 4. The third-order valence-corrected chi connectivity index (χ3v) is 8.21. The molecule has 15 heteroatoms. The summed E-state index contributed by atoms with van der Waals surface area (Å²) in [5.41, 5.74) is 7.77. The first-order valence-electron chi connectivity index (χ1n) is 14.2. The SMILES string of the molecule is Cc1nc2c(-c3ccc(CN)cc3)n(C)nc2c(=O)n1CC1(O)CCN(Cc2ccc(-c3noc(C(F)(F)F)n3)cc2F)CC1. The lowest BCUT2D eigenvalue weighted by Crippen LogP contribution is -2.48. The number of aromatic nitrogens is 6. The Morgan fingerprint density at radius 1 is 1.04 bits per heavy atom. The van der Waals surface area contributed by atoms with Crippen molar-refractivity contribution in [2.45, 2.75) is 51.2 Å². The van der Waals surface area contributed by atoms with Crippen LogP contribution in [-0.4, -0.2) is 58.2 Å². The molecule has 0 atom stereocenters. The van der Waals surface area contributed by atoms with Gasteiger partial charge in [-0.2, -0.15) is 23.3 Å². The van der Waals surface area contributed by atoms with E-state index in [-0.39, 0.29) is 35.6 Å². The minimum Gasteiger partial charge on any atom is -0.388 e. The average molecular weight is 627 g/mol. The van der Waals surface area contributed by atoms with E-state index in [4.69, 9.17) is 10.7 Å². The molecule has 1 aliphatic heterocycles. The normalized spacial score (nSPS) is 15.6. The monoisotopic (exact) mass is 626 g/mol. The van der Waals surface area contributed by atoms with Crippen molar-refractivity contribution < 1.29 is 27.2 Å². The fourth-order valence-corrected chi connectivity index (χ4v) is 5.66. The Labute approximate surface area is 253 Å². The quantitative estimate of drug-likeness (QED) is 0.258. The molecular formula is C30H30F4N8O3. The summed E-state index contributed by atoms with van der Waals surface area (Å²) in [7, 11) is 1.75. The van der Waals surface area contributed by atoms with Crippen LogP contribution in [0, 0.1) is 12.7 Å². The van der Waals surface area contributed by atoms with Crippen molar-refractivity contribution in [3.63, 3.8) is 0 Å². The van der Waals surface area contributed by atoms with E-state index in [9.17, 15) is 27.5 Å². The van der Waals surface area contributed by atoms with E-state index >= 15 is 0 Å². The summed E-state index contributed by atoms with van der Waals surface area (Å²) in [5.74, 6) is -2.05. The van der Waals surface area contributed by atoms with Crippen LogP contribution in [0.4, 0.5) is 17.6 Å². The molecule has 0 aliphatic carbocycles. The van der Waals surface area contributed by atoms with Gasteiger partial charge in [0.25, 0.3) is 5.56 Å². The molecule has 236 valence electrons. The third-order valence-electron chi connectivity index (χ3n) is 8.21. The molecular weight excluding hydrogens is 596 g/mol. The molecule has 0 bridgehead atoms. The van der Waals surface area contributed by atoms with Crippen LogP contribution in [0.1, 0.15) is 35.7 Å². The Morgan fingerprint density at radius 3 is 2.36 bits per heavy atom. The van der Waals surface area contributed by atoms with Crippen LogP contribution in [-0.2, 0) is 32.9 Å². The number of nitrogens with two attached hydrogens (primary N) is 1. The molecule has 11 nitrogen and oxygen atoms in total. The highest BCUT2D eigenvalue weighted by Crippen LogP contribution is 2.31. The van der Waals surface area contributed by atoms with Gasteiger partial charge in [-0.3, -0.25) is 18.9 Å². The molecule has 3 N–H and O–H groups in total. The fraction of sp³-hybridized carbons (Fsp3) is 0.367. The smallest absolute Gasteiger partial charge is 0.388 e. The van der Waals surface area contributed by atoms with E-state index in [1.54, 1.807) is 18.7 Å². The molecule has 0 saturated carbocycles. The molecule has 4 heterocycles. The van der Waals surface area contributed by atoms with Gasteiger partial charge in [-0.1, -0.05) is 41.6 Å². The first-order valence-corrected chi connectivity index (χ1v) is 14.2. The average Bonchev–Trinajstić information content (AvgIpc) is 3.63. The Morgan fingerprint density at radius 2 is 1.73 bits per heavy atom. The van der Waals surface area contributed by atoms with Gasteiger partial charge in [-0.25, -0.2) is 9.37 Å². The molecule has 1 saturated heterocycles. The van der Waals surface area contributed by atoms with Gasteiger partial charge in [-0.15, -0.1) is 0 Å². The molecule has 6 rings (SSSR count). The number of aryl methyl sites for hydroxylation is 2. The summed E-state index contributed by atoms with van der Waals surface area (Å²) in [6.07, 6.45) is -4.16.